The standard InChI is InChI=1S/C13H26N2O2/c1-13(2,3)11(6-7-16)15-12(17)9-14-8-10-4-5-10/h10-11,14,16H,4-9H2,1-3H3,(H,15,17). The number of amides is 1. The molecule has 0 heterocycles. The van der Waals surface area contributed by atoms with Gasteiger partial charge in [0.15, 0.2) is 0 Å². The molecular weight excluding hydrogens is 216 g/mol. The lowest BCUT2D eigenvalue weighted by Crippen LogP contribution is -2.47. The Morgan fingerprint density at radius 3 is 2.53 bits per heavy atom. The highest BCUT2D eigenvalue weighted by Crippen LogP contribution is 2.27. The Kier molecular flexibility index (Phi) is 5.40. The average molecular weight is 242 g/mol. The van der Waals surface area contributed by atoms with Crippen molar-refractivity contribution in [2.75, 3.05) is 19.7 Å². The highest BCUT2D eigenvalue weighted by molar-refractivity contribution is 5.78. The van der Waals surface area contributed by atoms with E-state index in [0.717, 1.165) is 12.5 Å². The monoisotopic (exact) mass is 242 g/mol. The highest BCUT2D eigenvalue weighted by Gasteiger charge is 2.26. The first-order valence-corrected chi connectivity index (χ1v) is 6.54. The molecule has 4 nitrogen and oxygen atoms in total. The first-order chi connectivity index (χ1) is 7.93. The number of hydrogen-bond acceptors (Lipinski definition) is 3. The van der Waals surface area contributed by atoms with Crippen molar-refractivity contribution in [2.45, 2.75) is 46.1 Å². The van der Waals surface area contributed by atoms with E-state index in [2.05, 4.69) is 31.4 Å². The van der Waals surface area contributed by atoms with Crippen molar-refractivity contribution >= 4 is 5.91 Å². The maximum atomic E-state index is 11.7. The van der Waals surface area contributed by atoms with Crippen LogP contribution in [0, 0.1) is 11.3 Å². The number of aliphatic hydroxyl groups excluding tert-OH is 1. The topological polar surface area (TPSA) is 61.4 Å². The zero-order valence-electron chi connectivity index (χ0n) is 11.3. The summed E-state index contributed by atoms with van der Waals surface area (Å²) in [6, 6.07) is 0.0303. The van der Waals surface area contributed by atoms with E-state index in [1.165, 1.54) is 12.8 Å². The van der Waals surface area contributed by atoms with Gasteiger partial charge in [0.2, 0.25) is 5.91 Å². The molecule has 0 aromatic carbocycles. The lowest BCUT2D eigenvalue weighted by atomic mass is 9.85. The fourth-order valence-electron chi connectivity index (χ4n) is 1.81. The van der Waals surface area contributed by atoms with Crippen LogP contribution in [0.2, 0.25) is 0 Å². The Hall–Kier alpha value is -0.610. The third kappa shape index (κ3) is 6.03. The van der Waals surface area contributed by atoms with E-state index >= 15 is 0 Å². The van der Waals surface area contributed by atoms with Crippen molar-refractivity contribution in [3.8, 4) is 0 Å². The quantitative estimate of drug-likeness (QED) is 0.621. The fraction of sp³-hybridized carbons (Fsp3) is 0.923. The van der Waals surface area contributed by atoms with Gasteiger partial charge in [-0.05, 0) is 37.1 Å². The first kappa shape index (κ1) is 14.5. The van der Waals surface area contributed by atoms with Crippen molar-refractivity contribution in [2.24, 2.45) is 11.3 Å². The Morgan fingerprint density at radius 1 is 1.41 bits per heavy atom. The molecule has 0 aromatic heterocycles. The summed E-state index contributed by atoms with van der Waals surface area (Å²) in [5, 5.41) is 15.2. The highest BCUT2D eigenvalue weighted by atomic mass is 16.3. The van der Waals surface area contributed by atoms with E-state index in [1.54, 1.807) is 0 Å². The predicted molar refractivity (Wildman–Crippen MR) is 68.7 cm³/mol. The smallest absolute Gasteiger partial charge is 0.234 e. The summed E-state index contributed by atoms with van der Waals surface area (Å²) in [6.45, 7) is 7.67. The van der Waals surface area contributed by atoms with Crippen LogP contribution in [-0.2, 0) is 4.79 Å². The van der Waals surface area contributed by atoms with E-state index in [-0.39, 0.29) is 24.0 Å². The third-order valence-corrected chi connectivity index (χ3v) is 3.21. The summed E-state index contributed by atoms with van der Waals surface area (Å²) >= 11 is 0. The number of hydrogen-bond donors (Lipinski definition) is 3. The predicted octanol–water partition coefficient (Wildman–Crippen LogP) is 0.899. The largest absolute Gasteiger partial charge is 0.396 e. The van der Waals surface area contributed by atoms with Crippen molar-refractivity contribution in [3.63, 3.8) is 0 Å². The number of carbonyl (C=O) groups is 1. The van der Waals surface area contributed by atoms with Gasteiger partial charge >= 0.3 is 0 Å². The van der Waals surface area contributed by atoms with Crippen LogP contribution in [-0.4, -0.2) is 36.8 Å². The van der Waals surface area contributed by atoms with Gasteiger partial charge in [-0.2, -0.15) is 0 Å². The van der Waals surface area contributed by atoms with Crippen LogP contribution in [0.4, 0.5) is 0 Å². The van der Waals surface area contributed by atoms with E-state index in [9.17, 15) is 4.79 Å². The maximum absolute atomic E-state index is 11.7. The fourth-order valence-corrected chi connectivity index (χ4v) is 1.81. The summed E-state index contributed by atoms with van der Waals surface area (Å²) in [5.41, 5.74) is -0.0190. The summed E-state index contributed by atoms with van der Waals surface area (Å²) in [5.74, 6) is 0.817. The molecule has 1 fully saturated rings. The molecular formula is C13H26N2O2. The molecule has 0 bridgehead atoms. The molecule has 0 spiro atoms. The second-order valence-corrected chi connectivity index (χ2v) is 6.07. The van der Waals surface area contributed by atoms with Gasteiger partial charge in [0, 0.05) is 12.6 Å². The van der Waals surface area contributed by atoms with Crippen LogP contribution < -0.4 is 10.6 Å². The normalized spacial score (nSPS) is 17.9. The van der Waals surface area contributed by atoms with Gasteiger partial charge in [0.05, 0.1) is 6.54 Å². The molecule has 0 saturated heterocycles. The zero-order chi connectivity index (χ0) is 12.9. The number of aliphatic hydroxyl groups is 1. The van der Waals surface area contributed by atoms with Crippen LogP contribution in [0.3, 0.4) is 0 Å². The van der Waals surface area contributed by atoms with E-state index < -0.39 is 0 Å². The molecule has 0 radical (unpaired) electrons. The number of carbonyl (C=O) groups excluding carboxylic acids is 1. The van der Waals surface area contributed by atoms with Crippen LogP contribution in [0.5, 0.6) is 0 Å². The minimum Gasteiger partial charge on any atom is -0.396 e. The molecule has 1 atom stereocenters. The Labute approximate surface area is 104 Å². The summed E-state index contributed by atoms with van der Waals surface area (Å²) in [7, 11) is 0. The van der Waals surface area contributed by atoms with E-state index in [1.807, 2.05) is 0 Å². The Balaban J connectivity index is 2.24. The summed E-state index contributed by atoms with van der Waals surface area (Å²) in [6.07, 6.45) is 3.20. The van der Waals surface area contributed by atoms with Gasteiger partial charge in [-0.15, -0.1) is 0 Å². The molecule has 3 N–H and O–H groups in total. The minimum atomic E-state index is -0.0190. The molecule has 0 aromatic rings. The third-order valence-electron chi connectivity index (χ3n) is 3.21. The molecule has 1 saturated carbocycles. The van der Waals surface area contributed by atoms with Crippen molar-refractivity contribution in [1.82, 2.24) is 10.6 Å². The zero-order valence-corrected chi connectivity index (χ0v) is 11.3. The van der Waals surface area contributed by atoms with Gasteiger partial charge in [0.1, 0.15) is 0 Å². The van der Waals surface area contributed by atoms with Gasteiger partial charge in [-0.1, -0.05) is 20.8 Å². The molecule has 1 aliphatic rings. The maximum Gasteiger partial charge on any atom is 0.234 e. The van der Waals surface area contributed by atoms with Crippen LogP contribution in [0.25, 0.3) is 0 Å². The van der Waals surface area contributed by atoms with E-state index in [0.29, 0.717) is 13.0 Å². The molecule has 1 unspecified atom stereocenters. The van der Waals surface area contributed by atoms with Crippen LogP contribution in [0.1, 0.15) is 40.0 Å². The van der Waals surface area contributed by atoms with Gasteiger partial charge in [-0.25, -0.2) is 0 Å². The lowest BCUT2D eigenvalue weighted by Gasteiger charge is -2.31. The molecule has 1 aliphatic carbocycles. The second kappa shape index (κ2) is 6.36. The second-order valence-electron chi connectivity index (χ2n) is 6.07. The van der Waals surface area contributed by atoms with Crippen molar-refractivity contribution in [3.05, 3.63) is 0 Å². The van der Waals surface area contributed by atoms with Gasteiger partial charge < -0.3 is 15.7 Å². The van der Waals surface area contributed by atoms with Crippen molar-refractivity contribution in [1.29, 1.82) is 0 Å². The molecule has 100 valence electrons. The molecule has 0 aliphatic heterocycles. The number of rotatable bonds is 7. The average Bonchev–Trinajstić information content (AvgIpc) is 2.99. The minimum absolute atomic E-state index is 0.0190. The Bertz CT molecular complexity index is 244. The van der Waals surface area contributed by atoms with Crippen molar-refractivity contribution < 1.29 is 9.90 Å². The van der Waals surface area contributed by atoms with Crippen LogP contribution >= 0.6 is 0 Å². The molecule has 4 heteroatoms. The molecule has 1 amide bonds. The van der Waals surface area contributed by atoms with E-state index in [4.69, 9.17) is 5.11 Å². The molecule has 17 heavy (non-hydrogen) atoms. The first-order valence-electron chi connectivity index (χ1n) is 6.54. The SMILES string of the molecule is CC(C)(C)C(CCO)NC(=O)CNCC1CC1. The van der Waals surface area contributed by atoms with Crippen LogP contribution in [0.15, 0.2) is 0 Å². The Morgan fingerprint density at radius 2 is 2.06 bits per heavy atom. The summed E-state index contributed by atoms with van der Waals surface area (Å²) in [4.78, 5) is 11.7. The van der Waals surface area contributed by atoms with Gasteiger partial charge in [-0.3, -0.25) is 4.79 Å². The molecule has 1 rings (SSSR count). The summed E-state index contributed by atoms with van der Waals surface area (Å²) < 4.78 is 0. The van der Waals surface area contributed by atoms with Gasteiger partial charge in [0.25, 0.3) is 0 Å². The lowest BCUT2D eigenvalue weighted by molar-refractivity contribution is -0.121. The number of nitrogens with one attached hydrogen (secondary N) is 2.